The second-order valence-corrected chi connectivity index (χ2v) is 7.45. The number of hydrogen-bond acceptors (Lipinski definition) is 0. The lowest BCUT2D eigenvalue weighted by Gasteiger charge is -2.28. The predicted molar refractivity (Wildman–Crippen MR) is 125 cm³/mol. The molecule has 0 aliphatic rings. The lowest BCUT2D eigenvalue weighted by molar-refractivity contribution is -0.289. The molecule has 0 aromatic heterocycles. The Morgan fingerprint density at radius 2 is 0.609 bits per heavy atom. The lowest BCUT2D eigenvalue weighted by atomic mass is 10.0. The van der Waals surface area contributed by atoms with Crippen molar-refractivity contribution < 1.29 is 105 Å². The zero-order chi connectivity index (χ0) is 40.8. The molecule has 0 heterocycles. The number of hydrogen-bond donors (Lipinski definition) is 0. The molecule has 0 aliphatic carbocycles. The van der Waals surface area contributed by atoms with Crippen molar-refractivity contribution in [3.05, 3.63) is 0 Å². The molecule has 0 saturated carbocycles. The summed E-state index contributed by atoms with van der Waals surface area (Å²) in [5.41, 5.74) is -4.46. The molecule has 1 unspecified atom stereocenters. The summed E-state index contributed by atoms with van der Waals surface area (Å²) >= 11 is 0. The Bertz CT molecular complexity index is 546. The molecule has 0 N–H and O–H groups in total. The van der Waals surface area contributed by atoms with E-state index in [9.17, 15) is 105 Å². The molecule has 294 valence electrons. The van der Waals surface area contributed by atoms with E-state index in [1.807, 2.05) is 0 Å². The highest BCUT2D eigenvalue weighted by Crippen LogP contribution is 2.44. The van der Waals surface area contributed by atoms with Crippen LogP contribution in [0.15, 0.2) is 0 Å². The summed E-state index contributed by atoms with van der Waals surface area (Å²) in [4.78, 5) is 0. The van der Waals surface area contributed by atoms with Gasteiger partial charge in [0.1, 0.15) is 6.42 Å². The van der Waals surface area contributed by atoms with Gasteiger partial charge < -0.3 is 0 Å². The zero-order valence-corrected chi connectivity index (χ0v) is 25.9. The molecular formula is C22H38F24. The van der Waals surface area contributed by atoms with E-state index in [-0.39, 0.29) is 34.4 Å². The maximum absolute atomic E-state index is 12.2. The van der Waals surface area contributed by atoms with E-state index < -0.39 is 67.4 Å². The first-order chi connectivity index (χ1) is 20.0. The van der Waals surface area contributed by atoms with Crippen molar-refractivity contribution in [2.45, 2.75) is 95.6 Å². The van der Waals surface area contributed by atoms with Gasteiger partial charge in [-0.3, -0.25) is 22.0 Å². The van der Waals surface area contributed by atoms with E-state index in [4.69, 9.17) is 0 Å². The first-order valence-electron chi connectivity index (χ1n) is 10.9. The van der Waals surface area contributed by atoms with Crippen LogP contribution in [0.3, 0.4) is 0 Å². The molecule has 0 fully saturated rings. The summed E-state index contributed by atoms with van der Waals surface area (Å²) in [7, 11) is 2.00. The van der Waals surface area contributed by atoms with Crippen LogP contribution in [0.2, 0.25) is 0 Å². The zero-order valence-electron chi connectivity index (χ0n) is 25.9. The van der Waals surface area contributed by atoms with Gasteiger partial charge in [-0.2, -0.15) is 35.1 Å². The monoisotopic (exact) mass is 758 g/mol. The molecule has 46 heavy (non-hydrogen) atoms. The predicted octanol–water partition coefficient (Wildman–Crippen LogP) is 12.7. The van der Waals surface area contributed by atoms with Gasteiger partial charge in [-0.15, -0.1) is 0 Å². The van der Waals surface area contributed by atoms with Crippen LogP contribution in [0.4, 0.5) is 105 Å². The number of rotatable bonds is 5. The second-order valence-electron chi connectivity index (χ2n) is 7.45. The smallest absolute Gasteiger partial charge is 0.255 e. The third-order valence-corrected chi connectivity index (χ3v) is 2.91. The van der Waals surface area contributed by atoms with E-state index in [2.05, 4.69) is 0 Å². The van der Waals surface area contributed by atoms with Gasteiger partial charge in [0.15, 0.2) is 13.3 Å². The summed E-state index contributed by atoms with van der Waals surface area (Å²) in [6, 6.07) is 0. The van der Waals surface area contributed by atoms with Gasteiger partial charge in [0.05, 0.1) is 35.4 Å². The summed E-state index contributed by atoms with van der Waals surface area (Å²) in [6.45, 7) is -2.23. The van der Waals surface area contributed by atoms with Crippen LogP contribution < -0.4 is 0 Å². The van der Waals surface area contributed by atoms with Crippen LogP contribution in [-0.4, -0.2) is 96.4 Å². The van der Waals surface area contributed by atoms with Crippen LogP contribution in [-0.2, 0) is 0 Å². The Hall–Kier alpha value is -1.68. The van der Waals surface area contributed by atoms with Gasteiger partial charge in [0.2, 0.25) is 0 Å². The third kappa shape index (κ3) is 51.9. The normalized spacial score (nSPS) is 12.7. The van der Waals surface area contributed by atoms with Crippen LogP contribution in [0.1, 0.15) is 48.0 Å². The van der Waals surface area contributed by atoms with E-state index in [0.717, 1.165) is 0 Å². The number of halogens is 24. The van der Waals surface area contributed by atoms with Crippen LogP contribution in [0, 0.1) is 0 Å². The van der Waals surface area contributed by atoms with E-state index in [1.54, 1.807) is 0 Å². The topological polar surface area (TPSA) is 0 Å². The average molecular weight is 758 g/mol. The van der Waals surface area contributed by atoms with Gasteiger partial charge >= 0.3 is 24.2 Å². The van der Waals surface area contributed by atoms with E-state index in [0.29, 0.717) is 35.6 Å². The summed E-state index contributed by atoms with van der Waals surface area (Å²) in [6.07, 6.45) is -12.3. The Morgan fingerprint density at radius 1 is 0.391 bits per heavy atom. The van der Waals surface area contributed by atoms with Crippen molar-refractivity contribution in [3.63, 3.8) is 0 Å². The first kappa shape index (κ1) is 66.7. The molecule has 0 spiro atoms. The van der Waals surface area contributed by atoms with Crippen LogP contribution in [0.25, 0.3) is 0 Å². The Labute approximate surface area is 250 Å². The standard InChI is InChI=1S/C5H6F6.2C4H5F5.C3H5F3.C2H5F.4CH3F/c1-3(6,4(2,7)8)5(9,10)11;1-3(6,7)4(8,9)2-5;1-3(5,6)2-4(7,8)9;1-3(5,6)2-4;1-2-3;4*1-2/h1-2H3;2*2H2,1H3;2H2,1H3;2H2,1H3;4*1H3. The molecule has 0 aromatic carbocycles. The molecule has 0 nitrogen and oxygen atoms in total. The molecule has 1 atom stereocenters. The van der Waals surface area contributed by atoms with Crippen molar-refractivity contribution in [1.29, 1.82) is 0 Å². The highest BCUT2D eigenvalue weighted by atomic mass is 19.4. The molecule has 0 bridgehead atoms. The summed E-state index contributed by atoms with van der Waals surface area (Å²) < 4.78 is 265. The minimum atomic E-state index is -5.54. The van der Waals surface area contributed by atoms with E-state index in [1.165, 1.54) is 6.92 Å². The Morgan fingerprint density at radius 3 is 0.609 bits per heavy atom. The Balaban J connectivity index is -0.0000000518. The number of alkyl halides is 24. The molecule has 0 aromatic rings. The first-order valence-corrected chi connectivity index (χ1v) is 10.9. The van der Waals surface area contributed by atoms with Crippen molar-refractivity contribution in [2.24, 2.45) is 0 Å². The van der Waals surface area contributed by atoms with Crippen LogP contribution in [0.5, 0.6) is 0 Å². The summed E-state index contributed by atoms with van der Waals surface area (Å²) in [5.74, 6) is -20.0. The average Bonchev–Trinajstić information content (AvgIpc) is 2.86. The third-order valence-electron chi connectivity index (χ3n) is 2.91. The van der Waals surface area contributed by atoms with Crippen molar-refractivity contribution in [2.75, 3.05) is 48.7 Å². The molecule has 24 heteroatoms. The van der Waals surface area contributed by atoms with Crippen molar-refractivity contribution in [3.8, 4) is 0 Å². The molecule has 0 rings (SSSR count). The van der Waals surface area contributed by atoms with Gasteiger partial charge in [-0.05, 0) is 20.8 Å². The molecule has 0 aliphatic heterocycles. The summed E-state index contributed by atoms with van der Waals surface area (Å²) in [5, 5.41) is 0. The van der Waals surface area contributed by atoms with Gasteiger partial charge in [-0.25, -0.2) is 48.3 Å². The van der Waals surface area contributed by atoms with Gasteiger partial charge in [0, 0.05) is 20.8 Å². The molecule has 0 radical (unpaired) electrons. The van der Waals surface area contributed by atoms with E-state index >= 15 is 0 Å². The SMILES string of the molecule is CC(F)(F)C(C)(F)C(F)(F)F.CC(F)(F)C(F)(F)CF.CC(F)(F)CC(F)(F)F.CC(F)(F)CF.CCF.CF.CF.CF.CF. The second kappa shape index (κ2) is 30.6. The highest BCUT2D eigenvalue weighted by Gasteiger charge is 2.65. The lowest BCUT2D eigenvalue weighted by Crippen LogP contribution is -2.51. The fourth-order valence-electron chi connectivity index (χ4n) is 0.718. The quantitative estimate of drug-likeness (QED) is 0.245. The van der Waals surface area contributed by atoms with Crippen LogP contribution >= 0.6 is 0 Å². The highest BCUT2D eigenvalue weighted by molar-refractivity contribution is 4.92. The fraction of sp³-hybridized carbons (Fsp3) is 1.00. The Kier molecular flexibility index (Phi) is 44.4. The molecule has 0 amide bonds. The molecular weight excluding hydrogens is 720 g/mol. The minimum absolute atomic E-state index is 0.0213. The fourth-order valence-corrected chi connectivity index (χ4v) is 0.718. The maximum atomic E-state index is 12.2. The maximum Gasteiger partial charge on any atom is 0.428 e. The van der Waals surface area contributed by atoms with Gasteiger partial charge in [0.25, 0.3) is 23.4 Å². The minimum Gasteiger partial charge on any atom is -0.255 e. The van der Waals surface area contributed by atoms with Crippen molar-refractivity contribution >= 4 is 0 Å². The van der Waals surface area contributed by atoms with Crippen molar-refractivity contribution in [1.82, 2.24) is 0 Å². The largest absolute Gasteiger partial charge is 0.428 e. The van der Waals surface area contributed by atoms with Gasteiger partial charge in [-0.1, -0.05) is 0 Å². The molecule has 0 saturated heterocycles.